The van der Waals surface area contributed by atoms with Gasteiger partial charge in [-0.3, -0.25) is 0 Å². The summed E-state index contributed by atoms with van der Waals surface area (Å²) in [6, 6.07) is 9.66. The van der Waals surface area contributed by atoms with Gasteiger partial charge in [-0.15, -0.1) is 0 Å². The zero-order chi connectivity index (χ0) is 27.0. The van der Waals surface area contributed by atoms with Crippen LogP contribution in [0.2, 0.25) is 0 Å². The van der Waals surface area contributed by atoms with Crippen molar-refractivity contribution in [1.82, 2.24) is 0 Å². The van der Waals surface area contributed by atoms with Crippen molar-refractivity contribution in [3.63, 3.8) is 0 Å². The Labute approximate surface area is 223 Å². The first-order valence-corrected chi connectivity index (χ1v) is 14.9. The summed E-state index contributed by atoms with van der Waals surface area (Å²) in [6.07, 6.45) is 10.5. The topological polar surface area (TPSA) is 52.0 Å². The molecule has 0 spiro atoms. The van der Waals surface area contributed by atoms with E-state index in [1.165, 1.54) is 84.7 Å². The van der Waals surface area contributed by atoms with Crippen LogP contribution in [0.4, 0.5) is 11.4 Å². The number of hydrogen-bond donors (Lipinski definition) is 2. The summed E-state index contributed by atoms with van der Waals surface area (Å²) >= 11 is 0. The fourth-order valence-corrected chi connectivity index (χ4v) is 5.59. The van der Waals surface area contributed by atoms with Gasteiger partial charge < -0.3 is 11.5 Å². The quantitative estimate of drug-likeness (QED) is 0.203. The lowest BCUT2D eigenvalue weighted by Crippen LogP contribution is -2.11. The molecule has 2 heteroatoms. The summed E-state index contributed by atoms with van der Waals surface area (Å²) in [5, 5.41) is 0. The van der Waals surface area contributed by atoms with Gasteiger partial charge in [-0.1, -0.05) is 132 Å². The van der Waals surface area contributed by atoms with Crippen LogP contribution in [0, 0.1) is 0 Å². The zero-order valence-electron chi connectivity index (χ0n) is 25.0. The van der Waals surface area contributed by atoms with Gasteiger partial charge in [0.2, 0.25) is 0 Å². The van der Waals surface area contributed by atoms with Crippen LogP contribution in [-0.2, 0) is 0 Å². The third-order valence-electron chi connectivity index (χ3n) is 7.92. The van der Waals surface area contributed by atoms with Gasteiger partial charge in [0.15, 0.2) is 0 Å². The number of benzene rings is 2. The molecule has 36 heavy (non-hydrogen) atoms. The molecule has 0 aliphatic carbocycles. The van der Waals surface area contributed by atoms with Gasteiger partial charge in [0, 0.05) is 17.3 Å². The van der Waals surface area contributed by atoms with Gasteiger partial charge >= 0.3 is 0 Å². The van der Waals surface area contributed by atoms with Crippen LogP contribution in [0.5, 0.6) is 0 Å². The molecule has 0 atom stereocenters. The van der Waals surface area contributed by atoms with E-state index < -0.39 is 0 Å². The Hall–Kier alpha value is -1.96. The maximum atomic E-state index is 6.70. The highest BCUT2D eigenvalue weighted by Gasteiger charge is 2.23. The molecule has 0 aliphatic rings. The molecule has 0 amide bonds. The molecule has 2 rings (SSSR count). The third-order valence-corrected chi connectivity index (χ3v) is 7.92. The van der Waals surface area contributed by atoms with Crippen molar-refractivity contribution in [1.29, 1.82) is 0 Å². The minimum Gasteiger partial charge on any atom is -0.398 e. The van der Waals surface area contributed by atoms with Gasteiger partial charge in [-0.25, -0.2) is 0 Å². The molecule has 0 aliphatic heterocycles. The van der Waals surface area contributed by atoms with Crippen LogP contribution in [0.15, 0.2) is 24.3 Å². The SMILES string of the molecule is CCCCCCCCCC(c1cc(C(C)C)c(N)c(C(C)C)c1)c1cc(C(C)C)c(N)c(C(C)C)c1. The molecule has 0 unspecified atom stereocenters. The highest BCUT2D eigenvalue weighted by atomic mass is 14.6. The van der Waals surface area contributed by atoms with Crippen LogP contribution in [0.25, 0.3) is 0 Å². The fourth-order valence-electron chi connectivity index (χ4n) is 5.59. The van der Waals surface area contributed by atoms with E-state index >= 15 is 0 Å². The Bertz CT molecular complexity index is 824. The summed E-state index contributed by atoms with van der Waals surface area (Å²) in [5.41, 5.74) is 23.4. The summed E-state index contributed by atoms with van der Waals surface area (Å²) < 4.78 is 0. The average Bonchev–Trinajstić information content (AvgIpc) is 2.81. The normalized spacial score (nSPS) is 12.2. The summed E-state index contributed by atoms with van der Waals surface area (Å²) in [7, 11) is 0. The molecule has 0 aromatic heterocycles. The summed E-state index contributed by atoms with van der Waals surface area (Å²) in [4.78, 5) is 0. The number of nitrogens with two attached hydrogens (primary N) is 2. The van der Waals surface area contributed by atoms with Gasteiger partial charge in [0.1, 0.15) is 0 Å². The van der Waals surface area contributed by atoms with Crippen molar-refractivity contribution in [3.05, 3.63) is 57.6 Å². The number of hydrogen-bond acceptors (Lipinski definition) is 2. The molecule has 4 N–H and O–H groups in total. The third kappa shape index (κ3) is 7.77. The number of rotatable bonds is 14. The van der Waals surface area contributed by atoms with Crippen LogP contribution < -0.4 is 11.5 Å². The second-order valence-corrected chi connectivity index (χ2v) is 12.3. The first kappa shape index (κ1) is 30.3. The lowest BCUT2D eigenvalue weighted by molar-refractivity contribution is 0.558. The minimum absolute atomic E-state index is 0.367. The monoisotopic (exact) mass is 492 g/mol. The Morgan fingerprint density at radius 3 is 1.11 bits per heavy atom. The van der Waals surface area contributed by atoms with Crippen molar-refractivity contribution in [2.24, 2.45) is 0 Å². The van der Waals surface area contributed by atoms with E-state index in [0.717, 1.165) is 11.4 Å². The Balaban J connectivity index is 2.57. The second kappa shape index (κ2) is 14.1. The molecule has 0 radical (unpaired) electrons. The Morgan fingerprint density at radius 1 is 0.500 bits per heavy atom. The predicted octanol–water partition coefficient (Wildman–Crippen LogP) is 10.6. The molecule has 0 bridgehead atoms. The van der Waals surface area contributed by atoms with Gasteiger partial charge in [0.25, 0.3) is 0 Å². The number of nitrogen functional groups attached to an aromatic ring is 2. The maximum Gasteiger partial charge on any atom is 0.0384 e. The van der Waals surface area contributed by atoms with Gasteiger partial charge in [-0.2, -0.15) is 0 Å². The van der Waals surface area contributed by atoms with Crippen molar-refractivity contribution in [3.8, 4) is 0 Å². The van der Waals surface area contributed by atoms with Gasteiger partial charge in [-0.05, 0) is 63.5 Å². The molecule has 2 aromatic carbocycles. The molecule has 0 saturated heterocycles. The van der Waals surface area contributed by atoms with Crippen molar-refractivity contribution in [2.75, 3.05) is 11.5 Å². The first-order valence-electron chi connectivity index (χ1n) is 14.9. The number of anilines is 2. The minimum atomic E-state index is 0.367. The van der Waals surface area contributed by atoms with Crippen LogP contribution >= 0.6 is 0 Å². The summed E-state index contributed by atoms with van der Waals surface area (Å²) in [6.45, 7) is 20.4. The molecule has 202 valence electrons. The maximum absolute atomic E-state index is 6.70. The van der Waals surface area contributed by atoms with Gasteiger partial charge in [0.05, 0.1) is 0 Å². The Kier molecular flexibility index (Phi) is 11.9. The van der Waals surface area contributed by atoms with E-state index in [1.54, 1.807) is 0 Å². The molecule has 0 heterocycles. The van der Waals surface area contributed by atoms with E-state index in [0.29, 0.717) is 29.6 Å². The molecule has 0 saturated carbocycles. The molecule has 2 aromatic rings. The fraction of sp³-hybridized carbons (Fsp3) is 0.647. The van der Waals surface area contributed by atoms with Crippen LogP contribution in [0.1, 0.15) is 177 Å². The standard InChI is InChI=1S/C34H56N2/c1-10-11-12-13-14-15-16-17-28(26-18-29(22(2)3)33(35)30(19-26)23(4)5)27-20-31(24(6)7)34(36)32(21-27)25(8)9/h18-25,28H,10-17,35-36H2,1-9H3. The zero-order valence-corrected chi connectivity index (χ0v) is 25.0. The second-order valence-electron chi connectivity index (χ2n) is 12.3. The Morgan fingerprint density at radius 2 is 0.806 bits per heavy atom. The lowest BCUT2D eigenvalue weighted by Gasteiger charge is -2.26. The van der Waals surface area contributed by atoms with Crippen molar-refractivity contribution in [2.45, 2.75) is 143 Å². The molecule has 2 nitrogen and oxygen atoms in total. The smallest absolute Gasteiger partial charge is 0.0384 e. The van der Waals surface area contributed by atoms with Crippen molar-refractivity contribution < 1.29 is 0 Å². The van der Waals surface area contributed by atoms with Crippen molar-refractivity contribution >= 4 is 11.4 Å². The largest absolute Gasteiger partial charge is 0.398 e. The van der Waals surface area contributed by atoms with E-state index in [4.69, 9.17) is 11.5 Å². The molecular formula is C34H56N2. The number of unbranched alkanes of at least 4 members (excludes halogenated alkanes) is 6. The van der Waals surface area contributed by atoms with E-state index in [9.17, 15) is 0 Å². The van der Waals surface area contributed by atoms with E-state index in [2.05, 4.69) is 86.6 Å². The lowest BCUT2D eigenvalue weighted by atomic mass is 9.79. The predicted molar refractivity (Wildman–Crippen MR) is 163 cm³/mol. The van der Waals surface area contributed by atoms with Crippen LogP contribution in [0.3, 0.4) is 0 Å². The van der Waals surface area contributed by atoms with E-state index in [-0.39, 0.29) is 0 Å². The van der Waals surface area contributed by atoms with E-state index in [1.807, 2.05) is 0 Å². The highest BCUT2D eigenvalue weighted by molar-refractivity contribution is 5.62. The highest BCUT2D eigenvalue weighted by Crippen LogP contribution is 2.41. The molecule has 0 fully saturated rings. The average molecular weight is 493 g/mol. The molecular weight excluding hydrogens is 436 g/mol. The summed E-state index contributed by atoms with van der Waals surface area (Å²) in [5.74, 6) is 2.00. The van der Waals surface area contributed by atoms with Crippen LogP contribution in [-0.4, -0.2) is 0 Å². The first-order chi connectivity index (χ1) is 17.0.